The molecule has 3 radical (unpaired) electrons. The minimum atomic E-state index is 0. The second kappa shape index (κ2) is 65.1. The van der Waals surface area contributed by atoms with Gasteiger partial charge < -0.3 is 1.43 Å². The van der Waals surface area contributed by atoms with Crippen molar-refractivity contribution >= 4 is 0 Å². The van der Waals surface area contributed by atoms with Crippen molar-refractivity contribution in [3.8, 4) is 0 Å². The summed E-state index contributed by atoms with van der Waals surface area (Å²) in [6, 6.07) is 0. The Morgan fingerprint density at radius 1 is 1.14 bits per heavy atom. The first-order valence-corrected chi connectivity index (χ1v) is 0.636. The van der Waals surface area contributed by atoms with Gasteiger partial charge in [0.15, 0.2) is 0 Å². The van der Waals surface area contributed by atoms with Crippen molar-refractivity contribution in [1.82, 2.24) is 0 Å². The molecular formula is HCo2LiMn2NiO. The fourth-order valence-corrected chi connectivity index (χ4v) is 0. The van der Waals surface area contributed by atoms with Crippen LogP contribution in [-0.2, 0) is 86.9 Å². The molecule has 7 heteroatoms. The number of hydrogen-bond acceptors (Lipinski definition) is 1. The molecule has 0 heterocycles. The zero-order valence-electron chi connectivity index (χ0n) is 4.15. The van der Waals surface area contributed by atoms with E-state index in [-0.39, 0.29) is 87.4 Å². The molecule has 0 aromatic carbocycles. The Balaban J connectivity index is -0.000000000333. The summed E-state index contributed by atoms with van der Waals surface area (Å²) in [5.41, 5.74) is 0. The standard InChI is InChI=1S/2Co.Li.2Mn.Ni.O.H/q;;+1;;;;;-1. The van der Waals surface area contributed by atoms with E-state index in [1.807, 2.05) is 0 Å². The summed E-state index contributed by atoms with van der Waals surface area (Å²) in [5, 5.41) is 0. The first kappa shape index (κ1) is 51.1. The van der Waals surface area contributed by atoms with Crippen LogP contribution in [0.2, 0.25) is 0 Å². The van der Waals surface area contributed by atoms with E-state index in [0.29, 0.717) is 0 Å². The molecule has 0 bridgehead atoms. The van der Waals surface area contributed by atoms with Crippen molar-refractivity contribution in [2.24, 2.45) is 0 Å². The van der Waals surface area contributed by atoms with Crippen LogP contribution < -0.4 is 18.9 Å². The van der Waals surface area contributed by atoms with Gasteiger partial charge in [-0.2, -0.15) is 0 Å². The Bertz CT molecular complexity index is 20.0. The van der Waals surface area contributed by atoms with Crippen LogP contribution in [0, 0.1) is 0 Å². The molecule has 0 aliphatic rings. The summed E-state index contributed by atoms with van der Waals surface area (Å²) in [6.07, 6.45) is 0. The van der Waals surface area contributed by atoms with E-state index in [0.717, 1.165) is 0 Å². The Morgan fingerprint density at radius 2 is 1.14 bits per heavy atom. The molecule has 0 aliphatic heterocycles. The van der Waals surface area contributed by atoms with E-state index in [1.165, 1.54) is 0 Å². The Morgan fingerprint density at radius 3 is 1.14 bits per heavy atom. The quantitative estimate of drug-likeness (QED) is 0.436. The molecule has 0 aromatic rings. The molecule has 0 spiro atoms. The summed E-state index contributed by atoms with van der Waals surface area (Å²) >= 11 is 1.69. The van der Waals surface area contributed by atoms with Gasteiger partial charge in [0.2, 0.25) is 0 Å². The predicted molar refractivity (Wildman–Crippen MR) is 1.80 cm³/mol. The summed E-state index contributed by atoms with van der Waals surface area (Å²) < 4.78 is 8.06. The third kappa shape index (κ3) is 49.8. The summed E-state index contributed by atoms with van der Waals surface area (Å²) in [5.74, 6) is 0. The van der Waals surface area contributed by atoms with Gasteiger partial charge in [-0.3, -0.25) is 0 Å². The van der Waals surface area contributed by atoms with Crippen LogP contribution in [0.15, 0.2) is 0 Å². The van der Waals surface area contributed by atoms with Gasteiger partial charge in [-0.05, 0) is 0 Å². The van der Waals surface area contributed by atoms with Crippen molar-refractivity contribution in [2.45, 2.75) is 0 Å². The van der Waals surface area contributed by atoms with Crippen molar-refractivity contribution in [2.75, 3.05) is 0 Å². The maximum absolute atomic E-state index is 8.06. The van der Waals surface area contributed by atoms with Crippen molar-refractivity contribution in [3.63, 3.8) is 0 Å². The van der Waals surface area contributed by atoms with Crippen molar-refractivity contribution in [1.29, 1.82) is 0 Å². The maximum atomic E-state index is 8.06. The van der Waals surface area contributed by atoms with Gasteiger partial charge in [0, 0.05) is 67.1 Å². The topological polar surface area (TPSA) is 17.1 Å². The van der Waals surface area contributed by atoms with E-state index in [4.69, 9.17) is 3.83 Å². The second-order valence-electron chi connectivity index (χ2n) is 0. The molecule has 0 saturated carbocycles. The van der Waals surface area contributed by atoms with Gasteiger partial charge in [-0.15, -0.1) is 0 Å². The van der Waals surface area contributed by atoms with Crippen molar-refractivity contribution < 1.29 is 107 Å². The van der Waals surface area contributed by atoms with E-state index < -0.39 is 0 Å². The Kier molecular flexibility index (Phi) is 476. The van der Waals surface area contributed by atoms with E-state index in [2.05, 4.69) is 0 Å². The molecule has 50 valence electrons. The van der Waals surface area contributed by atoms with Gasteiger partial charge in [0.05, 0.1) is 0 Å². The predicted octanol–water partition coefficient (Wildman–Crippen LogP) is -3.01. The van der Waals surface area contributed by atoms with Crippen LogP contribution in [0.1, 0.15) is 1.43 Å². The SMILES string of the molecule is [Co].[Co].[H-].[Li+].[Mn].[Ni].[O]=[Mn]. The number of hydrogen-bond donors (Lipinski definition) is 0. The van der Waals surface area contributed by atoms with Gasteiger partial charge >= 0.3 is 38.6 Å². The van der Waals surface area contributed by atoms with E-state index in [1.54, 1.807) is 15.9 Å². The zero-order valence-corrected chi connectivity index (χ0v) is 8.58. The average molecular weight is 310 g/mol. The van der Waals surface area contributed by atoms with Gasteiger partial charge in [0.1, 0.15) is 0 Å². The third-order valence-corrected chi connectivity index (χ3v) is 0. The first-order chi connectivity index (χ1) is 1.00. The molecule has 0 rings (SSSR count). The van der Waals surface area contributed by atoms with Crippen LogP contribution in [0.5, 0.6) is 0 Å². The molecule has 7 heavy (non-hydrogen) atoms. The monoisotopic (exact) mass is 310 g/mol. The molecule has 0 N–H and O–H groups in total. The molecule has 0 unspecified atom stereocenters. The van der Waals surface area contributed by atoms with Crippen molar-refractivity contribution in [3.05, 3.63) is 0 Å². The Hall–Kier alpha value is 2.94. The van der Waals surface area contributed by atoms with Crippen LogP contribution >= 0.6 is 0 Å². The van der Waals surface area contributed by atoms with Gasteiger partial charge in [-0.1, -0.05) is 0 Å². The fraction of sp³-hybridized carbons (Fsp3) is 0. The van der Waals surface area contributed by atoms with E-state index in [9.17, 15) is 0 Å². The van der Waals surface area contributed by atoms with Crippen LogP contribution in [0.3, 0.4) is 0 Å². The van der Waals surface area contributed by atoms with E-state index >= 15 is 0 Å². The molecule has 0 saturated heterocycles. The third-order valence-electron chi connectivity index (χ3n) is 0. The summed E-state index contributed by atoms with van der Waals surface area (Å²) in [6.45, 7) is 0. The van der Waals surface area contributed by atoms with Crippen LogP contribution in [-0.4, -0.2) is 0 Å². The summed E-state index contributed by atoms with van der Waals surface area (Å²) in [7, 11) is 0. The first-order valence-electron chi connectivity index (χ1n) is 0.154. The molecule has 0 amide bonds. The normalized spacial score (nSPS) is 0.571. The number of rotatable bonds is 0. The molecule has 0 aromatic heterocycles. The zero-order chi connectivity index (χ0) is 2.00. The van der Waals surface area contributed by atoms with Gasteiger partial charge in [0.25, 0.3) is 0 Å². The molecule has 0 aliphatic carbocycles. The minimum absolute atomic E-state index is 0. The van der Waals surface area contributed by atoms with Crippen LogP contribution in [0.4, 0.5) is 0 Å². The van der Waals surface area contributed by atoms with Crippen LogP contribution in [0.25, 0.3) is 0 Å². The molecular weight excluding hydrogens is 309 g/mol. The summed E-state index contributed by atoms with van der Waals surface area (Å²) in [4.78, 5) is 0. The second-order valence-corrected chi connectivity index (χ2v) is 0. The molecule has 0 fully saturated rings. The molecule has 0 atom stereocenters. The van der Waals surface area contributed by atoms with Gasteiger partial charge in [-0.25, -0.2) is 0 Å². The molecule has 1 nitrogen and oxygen atoms in total. The average Bonchev–Trinajstić information content (AvgIpc) is 1.00. The Labute approximate surface area is 106 Å². The fourth-order valence-electron chi connectivity index (χ4n) is 0.